The minimum absolute atomic E-state index is 0.748. The van der Waals surface area contributed by atoms with Crippen molar-refractivity contribution in [1.82, 2.24) is 5.32 Å². The van der Waals surface area contributed by atoms with Gasteiger partial charge in [0.1, 0.15) is 0 Å². The van der Waals surface area contributed by atoms with Crippen LogP contribution in [0.5, 0.6) is 0 Å². The minimum atomic E-state index is 0.748. The molecule has 1 aromatic rings. The summed E-state index contributed by atoms with van der Waals surface area (Å²) >= 11 is 3.51. The number of hydrogen-bond acceptors (Lipinski definition) is 1. The van der Waals surface area contributed by atoms with Crippen molar-refractivity contribution in [2.24, 2.45) is 0 Å². The van der Waals surface area contributed by atoms with Crippen molar-refractivity contribution in [3.63, 3.8) is 0 Å². The smallest absolute Gasteiger partial charge is 0.0177 e. The summed E-state index contributed by atoms with van der Waals surface area (Å²) in [4.78, 5) is 0. The molecule has 1 aliphatic rings. The Balaban J connectivity index is 1.81. The van der Waals surface area contributed by atoms with Gasteiger partial charge < -0.3 is 5.32 Å². The van der Waals surface area contributed by atoms with Crippen LogP contribution in [0.15, 0.2) is 28.7 Å². The Labute approximate surface area is 100 Å². The summed E-state index contributed by atoms with van der Waals surface area (Å²) < 4.78 is 1.19. The van der Waals surface area contributed by atoms with E-state index in [4.69, 9.17) is 0 Å². The van der Waals surface area contributed by atoms with E-state index in [-0.39, 0.29) is 0 Å². The van der Waals surface area contributed by atoms with Gasteiger partial charge in [0.05, 0.1) is 0 Å². The molecule has 0 amide bonds. The quantitative estimate of drug-likeness (QED) is 0.884. The number of benzene rings is 1. The molecule has 0 saturated carbocycles. The highest BCUT2D eigenvalue weighted by molar-refractivity contribution is 9.10. The van der Waals surface area contributed by atoms with Crippen LogP contribution in [0.4, 0.5) is 0 Å². The fourth-order valence-corrected chi connectivity index (χ4v) is 2.65. The maximum Gasteiger partial charge on any atom is 0.0177 e. The molecule has 1 aliphatic heterocycles. The molecule has 1 unspecified atom stereocenters. The zero-order valence-corrected chi connectivity index (χ0v) is 10.6. The van der Waals surface area contributed by atoms with Crippen molar-refractivity contribution in [3.05, 3.63) is 34.3 Å². The van der Waals surface area contributed by atoms with Gasteiger partial charge in [0.15, 0.2) is 0 Å². The van der Waals surface area contributed by atoms with Gasteiger partial charge in [0, 0.05) is 10.5 Å². The Morgan fingerprint density at radius 3 is 3.00 bits per heavy atom. The van der Waals surface area contributed by atoms with Gasteiger partial charge in [-0.05, 0) is 49.9 Å². The number of rotatable bonds is 3. The average Bonchev–Trinajstić information content (AvgIpc) is 2.28. The van der Waals surface area contributed by atoms with E-state index in [1.165, 1.54) is 48.7 Å². The Morgan fingerprint density at radius 2 is 2.27 bits per heavy atom. The molecular formula is C13H18BrN. The Bertz CT molecular complexity index is 305. The van der Waals surface area contributed by atoms with Crippen LogP contribution in [0.3, 0.4) is 0 Å². The zero-order valence-electron chi connectivity index (χ0n) is 9.01. The lowest BCUT2D eigenvalue weighted by Crippen LogP contribution is -2.34. The molecule has 0 bridgehead atoms. The van der Waals surface area contributed by atoms with Gasteiger partial charge >= 0.3 is 0 Å². The maximum atomic E-state index is 3.59. The molecule has 1 aromatic carbocycles. The van der Waals surface area contributed by atoms with Crippen LogP contribution in [0.2, 0.25) is 0 Å². The largest absolute Gasteiger partial charge is 0.314 e. The van der Waals surface area contributed by atoms with Gasteiger partial charge in [-0.3, -0.25) is 0 Å². The number of halogens is 1. The van der Waals surface area contributed by atoms with Crippen molar-refractivity contribution in [2.75, 3.05) is 6.54 Å². The van der Waals surface area contributed by atoms with E-state index in [0.717, 1.165) is 6.04 Å². The molecule has 0 aliphatic carbocycles. The second-order valence-electron chi connectivity index (χ2n) is 4.32. The van der Waals surface area contributed by atoms with Crippen LogP contribution in [0.25, 0.3) is 0 Å². The number of aryl methyl sites for hydroxylation is 1. The molecular weight excluding hydrogens is 250 g/mol. The van der Waals surface area contributed by atoms with E-state index in [1.54, 1.807) is 0 Å². The third-order valence-corrected chi connectivity index (χ3v) is 3.58. The van der Waals surface area contributed by atoms with E-state index < -0.39 is 0 Å². The summed E-state index contributed by atoms with van der Waals surface area (Å²) in [6.07, 6.45) is 6.57. The summed E-state index contributed by atoms with van der Waals surface area (Å²) in [6.45, 7) is 1.21. The lowest BCUT2D eigenvalue weighted by Gasteiger charge is -2.23. The molecule has 1 fully saturated rings. The number of nitrogens with one attached hydrogen (secondary N) is 1. The van der Waals surface area contributed by atoms with Gasteiger partial charge in [0.2, 0.25) is 0 Å². The lowest BCUT2D eigenvalue weighted by atomic mass is 9.98. The van der Waals surface area contributed by atoms with Crippen LogP contribution < -0.4 is 5.32 Å². The molecule has 1 N–H and O–H groups in total. The molecule has 82 valence electrons. The molecule has 15 heavy (non-hydrogen) atoms. The SMILES string of the molecule is Brc1cccc(CCC2CCCCN2)c1. The summed E-state index contributed by atoms with van der Waals surface area (Å²) in [5.74, 6) is 0. The molecule has 0 aromatic heterocycles. The zero-order chi connectivity index (χ0) is 10.5. The van der Waals surface area contributed by atoms with Crippen LogP contribution in [-0.4, -0.2) is 12.6 Å². The first-order valence-corrected chi connectivity index (χ1v) is 6.62. The third-order valence-electron chi connectivity index (χ3n) is 3.08. The van der Waals surface area contributed by atoms with E-state index in [2.05, 4.69) is 45.5 Å². The monoisotopic (exact) mass is 267 g/mol. The molecule has 2 rings (SSSR count). The molecule has 1 saturated heterocycles. The predicted molar refractivity (Wildman–Crippen MR) is 68.1 cm³/mol. The summed E-state index contributed by atoms with van der Waals surface area (Å²) in [7, 11) is 0. The number of piperidine rings is 1. The van der Waals surface area contributed by atoms with E-state index in [0.29, 0.717) is 0 Å². The van der Waals surface area contributed by atoms with Crippen molar-refractivity contribution in [1.29, 1.82) is 0 Å². The van der Waals surface area contributed by atoms with Crippen molar-refractivity contribution in [2.45, 2.75) is 38.1 Å². The Hall–Kier alpha value is -0.340. The van der Waals surface area contributed by atoms with E-state index in [1.807, 2.05) is 0 Å². The molecule has 2 heteroatoms. The first kappa shape index (κ1) is 11.2. The fourth-order valence-electron chi connectivity index (χ4n) is 2.20. The fraction of sp³-hybridized carbons (Fsp3) is 0.538. The summed E-state index contributed by atoms with van der Waals surface area (Å²) in [6, 6.07) is 9.39. The minimum Gasteiger partial charge on any atom is -0.314 e. The Kier molecular flexibility index (Phi) is 4.21. The predicted octanol–water partition coefficient (Wildman–Crippen LogP) is 3.52. The van der Waals surface area contributed by atoms with E-state index in [9.17, 15) is 0 Å². The Morgan fingerprint density at radius 1 is 1.33 bits per heavy atom. The van der Waals surface area contributed by atoms with Gasteiger partial charge in [-0.25, -0.2) is 0 Å². The first-order valence-electron chi connectivity index (χ1n) is 5.82. The molecule has 1 heterocycles. The van der Waals surface area contributed by atoms with E-state index >= 15 is 0 Å². The molecule has 1 nitrogen and oxygen atoms in total. The highest BCUT2D eigenvalue weighted by atomic mass is 79.9. The van der Waals surface area contributed by atoms with Crippen LogP contribution in [-0.2, 0) is 6.42 Å². The average molecular weight is 268 g/mol. The van der Waals surface area contributed by atoms with Gasteiger partial charge in [-0.2, -0.15) is 0 Å². The first-order chi connectivity index (χ1) is 7.34. The lowest BCUT2D eigenvalue weighted by molar-refractivity contribution is 0.383. The standard InChI is InChI=1S/C13H18BrN/c14-12-5-3-4-11(10-12)7-8-13-6-1-2-9-15-13/h3-5,10,13,15H,1-2,6-9H2. The normalized spacial score (nSPS) is 21.5. The van der Waals surface area contributed by atoms with Crippen molar-refractivity contribution < 1.29 is 0 Å². The second kappa shape index (κ2) is 5.66. The molecule has 0 spiro atoms. The third kappa shape index (κ3) is 3.62. The van der Waals surface area contributed by atoms with Crippen LogP contribution >= 0.6 is 15.9 Å². The topological polar surface area (TPSA) is 12.0 Å². The number of hydrogen-bond donors (Lipinski definition) is 1. The second-order valence-corrected chi connectivity index (χ2v) is 5.23. The highest BCUT2D eigenvalue weighted by Gasteiger charge is 2.11. The van der Waals surface area contributed by atoms with Gasteiger partial charge in [-0.15, -0.1) is 0 Å². The summed E-state index contributed by atoms with van der Waals surface area (Å²) in [5, 5.41) is 3.59. The molecule has 0 radical (unpaired) electrons. The maximum absolute atomic E-state index is 3.59. The van der Waals surface area contributed by atoms with Gasteiger partial charge in [-0.1, -0.05) is 34.5 Å². The van der Waals surface area contributed by atoms with Crippen molar-refractivity contribution in [3.8, 4) is 0 Å². The van der Waals surface area contributed by atoms with Crippen LogP contribution in [0.1, 0.15) is 31.2 Å². The summed E-state index contributed by atoms with van der Waals surface area (Å²) in [5.41, 5.74) is 1.44. The van der Waals surface area contributed by atoms with Crippen molar-refractivity contribution >= 4 is 15.9 Å². The highest BCUT2D eigenvalue weighted by Crippen LogP contribution is 2.16. The molecule has 1 atom stereocenters. The van der Waals surface area contributed by atoms with Gasteiger partial charge in [0.25, 0.3) is 0 Å². The van der Waals surface area contributed by atoms with Crippen LogP contribution in [0, 0.1) is 0 Å².